The van der Waals surface area contributed by atoms with E-state index in [2.05, 4.69) is 44.6 Å². The summed E-state index contributed by atoms with van der Waals surface area (Å²) in [4.78, 5) is 8.66. The molecule has 2 aromatic heterocycles. The predicted molar refractivity (Wildman–Crippen MR) is 83.5 cm³/mol. The second-order valence-electron chi connectivity index (χ2n) is 5.49. The SMILES string of the molecule is OCCn1ncc2c(N[C@H]3CCc4ccccc43)ncnc21. The van der Waals surface area contributed by atoms with E-state index in [0.717, 1.165) is 29.7 Å². The van der Waals surface area contributed by atoms with Crippen molar-refractivity contribution in [3.8, 4) is 0 Å². The molecule has 0 amide bonds. The molecule has 2 heterocycles. The van der Waals surface area contributed by atoms with Gasteiger partial charge in [0.2, 0.25) is 0 Å². The summed E-state index contributed by atoms with van der Waals surface area (Å²) in [6.45, 7) is 0.478. The zero-order chi connectivity index (χ0) is 14.9. The fraction of sp³-hybridized carbons (Fsp3) is 0.312. The molecule has 1 atom stereocenters. The van der Waals surface area contributed by atoms with Crippen LogP contribution in [-0.2, 0) is 13.0 Å². The van der Waals surface area contributed by atoms with Crippen LogP contribution in [0.3, 0.4) is 0 Å². The fourth-order valence-corrected chi connectivity index (χ4v) is 3.14. The summed E-state index contributed by atoms with van der Waals surface area (Å²) in [7, 11) is 0. The van der Waals surface area contributed by atoms with Crippen LogP contribution in [0.5, 0.6) is 0 Å². The normalized spacial score (nSPS) is 16.9. The van der Waals surface area contributed by atoms with Crippen LogP contribution < -0.4 is 5.32 Å². The number of rotatable bonds is 4. The van der Waals surface area contributed by atoms with Crippen LogP contribution in [0.4, 0.5) is 5.82 Å². The van der Waals surface area contributed by atoms with Gasteiger partial charge in [-0.25, -0.2) is 14.6 Å². The molecule has 1 aliphatic carbocycles. The third-order valence-corrected chi connectivity index (χ3v) is 4.19. The van der Waals surface area contributed by atoms with Crippen molar-refractivity contribution < 1.29 is 5.11 Å². The zero-order valence-corrected chi connectivity index (χ0v) is 12.1. The molecular formula is C16H17N5O. The zero-order valence-electron chi connectivity index (χ0n) is 12.1. The largest absolute Gasteiger partial charge is 0.394 e. The van der Waals surface area contributed by atoms with Crippen LogP contribution in [0.2, 0.25) is 0 Å². The van der Waals surface area contributed by atoms with Gasteiger partial charge in [-0.15, -0.1) is 0 Å². The molecule has 2 N–H and O–H groups in total. The van der Waals surface area contributed by atoms with Crippen molar-refractivity contribution >= 4 is 16.9 Å². The highest BCUT2D eigenvalue weighted by Gasteiger charge is 2.23. The molecule has 0 saturated carbocycles. The number of hydrogen-bond donors (Lipinski definition) is 2. The molecule has 0 spiro atoms. The molecule has 0 saturated heterocycles. The number of anilines is 1. The maximum absolute atomic E-state index is 9.09. The second kappa shape index (κ2) is 5.38. The molecule has 0 fully saturated rings. The molecule has 0 radical (unpaired) electrons. The number of hydrogen-bond acceptors (Lipinski definition) is 5. The van der Waals surface area contributed by atoms with Crippen molar-refractivity contribution in [3.05, 3.63) is 47.9 Å². The van der Waals surface area contributed by atoms with E-state index in [1.165, 1.54) is 11.1 Å². The third kappa shape index (κ3) is 2.12. The smallest absolute Gasteiger partial charge is 0.163 e. The maximum Gasteiger partial charge on any atom is 0.163 e. The second-order valence-corrected chi connectivity index (χ2v) is 5.49. The predicted octanol–water partition coefficient (Wildman–Crippen LogP) is 1.92. The Bertz CT molecular complexity index is 813. The number of aryl methyl sites for hydroxylation is 1. The van der Waals surface area contributed by atoms with E-state index >= 15 is 0 Å². The number of nitrogens with one attached hydrogen (secondary N) is 1. The fourth-order valence-electron chi connectivity index (χ4n) is 3.14. The van der Waals surface area contributed by atoms with Crippen LogP contribution in [0.15, 0.2) is 36.8 Å². The summed E-state index contributed by atoms with van der Waals surface area (Å²) in [5.74, 6) is 0.802. The Morgan fingerprint density at radius 3 is 3.09 bits per heavy atom. The summed E-state index contributed by atoms with van der Waals surface area (Å²) in [5.41, 5.74) is 3.50. The van der Waals surface area contributed by atoms with Gasteiger partial charge in [-0.2, -0.15) is 5.10 Å². The van der Waals surface area contributed by atoms with E-state index in [4.69, 9.17) is 5.11 Å². The Kier molecular flexibility index (Phi) is 3.23. The number of nitrogens with zero attached hydrogens (tertiary/aromatic N) is 4. The summed E-state index contributed by atoms with van der Waals surface area (Å²) in [6, 6.07) is 8.80. The van der Waals surface area contributed by atoms with Gasteiger partial charge in [-0.1, -0.05) is 24.3 Å². The standard InChI is InChI=1S/C16H17N5O/c22-8-7-21-16-13(9-19-21)15(17-10-18-16)20-14-6-5-11-3-1-2-4-12(11)14/h1-4,9-10,14,22H,5-8H2,(H,17,18,20)/t14-/m0/s1. The first-order valence-corrected chi connectivity index (χ1v) is 7.48. The molecule has 0 unspecified atom stereocenters. The van der Waals surface area contributed by atoms with Gasteiger partial charge in [-0.3, -0.25) is 0 Å². The molecule has 6 heteroatoms. The van der Waals surface area contributed by atoms with Crippen molar-refractivity contribution in [2.75, 3.05) is 11.9 Å². The Morgan fingerprint density at radius 2 is 2.18 bits per heavy atom. The monoisotopic (exact) mass is 295 g/mol. The Balaban J connectivity index is 1.68. The first kappa shape index (κ1) is 13.2. The topological polar surface area (TPSA) is 75.9 Å². The highest BCUT2D eigenvalue weighted by Crippen LogP contribution is 2.34. The maximum atomic E-state index is 9.09. The molecule has 1 aromatic carbocycles. The minimum Gasteiger partial charge on any atom is -0.394 e. The molecule has 112 valence electrons. The van der Waals surface area contributed by atoms with E-state index in [9.17, 15) is 0 Å². The summed E-state index contributed by atoms with van der Waals surface area (Å²) in [5, 5.41) is 17.8. The van der Waals surface area contributed by atoms with Gasteiger partial charge >= 0.3 is 0 Å². The average molecular weight is 295 g/mol. The molecular weight excluding hydrogens is 278 g/mol. The van der Waals surface area contributed by atoms with Crippen molar-refractivity contribution in [2.45, 2.75) is 25.4 Å². The highest BCUT2D eigenvalue weighted by atomic mass is 16.3. The van der Waals surface area contributed by atoms with E-state index in [0.29, 0.717) is 6.54 Å². The summed E-state index contributed by atoms with van der Waals surface area (Å²) >= 11 is 0. The van der Waals surface area contributed by atoms with Crippen molar-refractivity contribution in [2.24, 2.45) is 0 Å². The van der Waals surface area contributed by atoms with Gasteiger partial charge in [0.1, 0.15) is 12.1 Å². The number of aliphatic hydroxyl groups excluding tert-OH is 1. The Morgan fingerprint density at radius 1 is 1.27 bits per heavy atom. The van der Waals surface area contributed by atoms with Crippen LogP contribution in [0, 0.1) is 0 Å². The van der Waals surface area contributed by atoms with Crippen LogP contribution in [0.1, 0.15) is 23.6 Å². The summed E-state index contributed by atoms with van der Waals surface area (Å²) in [6.07, 6.45) is 5.46. The third-order valence-electron chi connectivity index (χ3n) is 4.19. The van der Waals surface area contributed by atoms with Crippen molar-refractivity contribution in [3.63, 3.8) is 0 Å². The van der Waals surface area contributed by atoms with Gasteiger partial charge in [0.25, 0.3) is 0 Å². The molecule has 0 bridgehead atoms. The first-order valence-electron chi connectivity index (χ1n) is 7.48. The first-order chi connectivity index (χ1) is 10.9. The lowest BCUT2D eigenvalue weighted by atomic mass is 10.1. The minimum atomic E-state index is 0.0412. The van der Waals surface area contributed by atoms with Gasteiger partial charge in [0.05, 0.1) is 30.8 Å². The Hall–Kier alpha value is -2.47. The van der Waals surface area contributed by atoms with E-state index in [1.807, 2.05) is 0 Å². The van der Waals surface area contributed by atoms with Crippen LogP contribution >= 0.6 is 0 Å². The minimum absolute atomic E-state index is 0.0412. The van der Waals surface area contributed by atoms with Crippen molar-refractivity contribution in [1.29, 1.82) is 0 Å². The van der Waals surface area contributed by atoms with E-state index < -0.39 is 0 Å². The van der Waals surface area contributed by atoms with Gasteiger partial charge in [0.15, 0.2) is 5.65 Å². The molecule has 0 aliphatic heterocycles. The van der Waals surface area contributed by atoms with Gasteiger partial charge in [-0.05, 0) is 24.0 Å². The van der Waals surface area contributed by atoms with Crippen LogP contribution in [-0.4, -0.2) is 31.5 Å². The number of aromatic nitrogens is 4. The lowest BCUT2D eigenvalue weighted by Crippen LogP contribution is -2.09. The van der Waals surface area contributed by atoms with E-state index in [1.54, 1.807) is 17.2 Å². The van der Waals surface area contributed by atoms with Crippen LogP contribution in [0.25, 0.3) is 11.0 Å². The quantitative estimate of drug-likeness (QED) is 0.769. The molecule has 1 aliphatic rings. The lowest BCUT2D eigenvalue weighted by molar-refractivity contribution is 0.271. The number of aliphatic hydroxyl groups is 1. The summed E-state index contributed by atoms with van der Waals surface area (Å²) < 4.78 is 1.70. The average Bonchev–Trinajstić information content (AvgIpc) is 3.14. The Labute approximate surface area is 127 Å². The highest BCUT2D eigenvalue weighted by molar-refractivity contribution is 5.86. The molecule has 22 heavy (non-hydrogen) atoms. The van der Waals surface area contributed by atoms with Gasteiger partial charge in [0, 0.05) is 0 Å². The van der Waals surface area contributed by atoms with E-state index in [-0.39, 0.29) is 12.6 Å². The van der Waals surface area contributed by atoms with Gasteiger partial charge < -0.3 is 10.4 Å². The number of fused-ring (bicyclic) bond motifs is 2. The molecule has 4 rings (SSSR count). The molecule has 3 aromatic rings. The van der Waals surface area contributed by atoms with Crippen molar-refractivity contribution in [1.82, 2.24) is 19.7 Å². The molecule has 6 nitrogen and oxygen atoms in total. The lowest BCUT2D eigenvalue weighted by Gasteiger charge is -2.15. The number of benzene rings is 1.